The topological polar surface area (TPSA) is 80.2 Å². The molecule has 2 aromatic carbocycles. The number of hydrogen-bond acceptors (Lipinski definition) is 6. The molecule has 0 amide bonds. The summed E-state index contributed by atoms with van der Waals surface area (Å²) in [6.07, 6.45) is -0.692. The van der Waals surface area contributed by atoms with Gasteiger partial charge in [0.2, 0.25) is 0 Å². The third kappa shape index (κ3) is 7.25. The highest BCUT2D eigenvalue weighted by Crippen LogP contribution is 2.36. The summed E-state index contributed by atoms with van der Waals surface area (Å²) < 4.78 is 31.7. The Morgan fingerprint density at radius 1 is 1.20 bits per heavy atom. The molecular weight excluding hydrogens is 389 g/mol. The van der Waals surface area contributed by atoms with Crippen LogP contribution in [0.4, 0.5) is 10.1 Å². The number of anilines is 1. The van der Waals surface area contributed by atoms with E-state index in [0.29, 0.717) is 24.5 Å². The Labute approximate surface area is 179 Å². The van der Waals surface area contributed by atoms with Gasteiger partial charge < -0.3 is 19.3 Å². The van der Waals surface area contributed by atoms with Crippen LogP contribution in [0.1, 0.15) is 64.9 Å². The van der Waals surface area contributed by atoms with Crippen molar-refractivity contribution in [3.05, 3.63) is 58.9 Å². The highest BCUT2D eigenvalue weighted by atomic mass is 19.1. The van der Waals surface area contributed by atoms with Crippen LogP contribution in [-0.2, 0) is 16.1 Å². The van der Waals surface area contributed by atoms with E-state index in [4.69, 9.17) is 24.5 Å². The van der Waals surface area contributed by atoms with Crippen LogP contribution in [0.15, 0.2) is 36.4 Å². The highest BCUT2D eigenvalue weighted by molar-refractivity contribution is 5.44. The van der Waals surface area contributed by atoms with Gasteiger partial charge >= 0.3 is 0 Å². The SMILES string of the molecule is CC(C)(C)O.CC(C)c1ccc(OCc2cccc(NO)c2)c(F)c1C1OCCO1.[HH]. The number of nitrogens with one attached hydrogen (secondary N) is 1. The monoisotopic (exact) mass is 423 g/mol. The van der Waals surface area contributed by atoms with E-state index < -0.39 is 17.7 Å². The van der Waals surface area contributed by atoms with Crippen LogP contribution in [0.25, 0.3) is 0 Å². The lowest BCUT2D eigenvalue weighted by Gasteiger charge is -2.20. The first-order chi connectivity index (χ1) is 14.1. The fraction of sp³-hybridized carbons (Fsp3) is 0.478. The first-order valence-electron chi connectivity index (χ1n) is 10.00. The Balaban J connectivity index is 0.000000721. The molecular formula is C23H34FNO5. The van der Waals surface area contributed by atoms with E-state index in [-0.39, 0.29) is 19.7 Å². The van der Waals surface area contributed by atoms with E-state index in [1.54, 1.807) is 45.0 Å². The van der Waals surface area contributed by atoms with Gasteiger partial charge in [0.1, 0.15) is 6.61 Å². The van der Waals surface area contributed by atoms with Gasteiger partial charge in [-0.15, -0.1) is 0 Å². The maximum absolute atomic E-state index is 15.1. The minimum atomic E-state index is -0.692. The number of benzene rings is 2. The van der Waals surface area contributed by atoms with Gasteiger partial charge in [-0.25, -0.2) is 4.39 Å². The third-order valence-electron chi connectivity index (χ3n) is 4.11. The van der Waals surface area contributed by atoms with Crippen molar-refractivity contribution in [3.63, 3.8) is 0 Å². The first-order valence-corrected chi connectivity index (χ1v) is 10.00. The van der Waals surface area contributed by atoms with Crippen LogP contribution < -0.4 is 10.2 Å². The molecule has 1 aliphatic heterocycles. The summed E-state index contributed by atoms with van der Waals surface area (Å²) in [5.74, 6) is -0.158. The predicted octanol–water partition coefficient (Wildman–Crippen LogP) is 5.40. The Kier molecular flexibility index (Phi) is 8.61. The van der Waals surface area contributed by atoms with E-state index in [0.717, 1.165) is 11.1 Å². The molecule has 2 aromatic rings. The van der Waals surface area contributed by atoms with Crippen LogP contribution in [0, 0.1) is 5.82 Å². The van der Waals surface area contributed by atoms with Gasteiger partial charge in [-0.05, 0) is 56.0 Å². The Bertz CT molecular complexity index is 814. The molecule has 0 saturated carbocycles. The normalized spacial score (nSPS) is 14.4. The molecule has 0 spiro atoms. The molecule has 1 fully saturated rings. The quantitative estimate of drug-likeness (QED) is 0.540. The van der Waals surface area contributed by atoms with Crippen molar-refractivity contribution in [3.8, 4) is 5.75 Å². The predicted molar refractivity (Wildman–Crippen MR) is 115 cm³/mol. The zero-order chi connectivity index (χ0) is 22.3. The van der Waals surface area contributed by atoms with Gasteiger partial charge in [0.25, 0.3) is 0 Å². The average Bonchev–Trinajstić information content (AvgIpc) is 3.19. The largest absolute Gasteiger partial charge is 0.486 e. The van der Waals surface area contributed by atoms with Crippen molar-refractivity contribution < 1.29 is 30.3 Å². The molecule has 1 saturated heterocycles. The zero-order valence-electron chi connectivity index (χ0n) is 18.2. The molecule has 0 unspecified atom stereocenters. The summed E-state index contributed by atoms with van der Waals surface area (Å²) in [5, 5.41) is 17.5. The second kappa shape index (κ2) is 10.7. The molecule has 30 heavy (non-hydrogen) atoms. The molecule has 0 radical (unpaired) electrons. The van der Waals surface area contributed by atoms with Gasteiger partial charge in [-0.3, -0.25) is 10.7 Å². The van der Waals surface area contributed by atoms with Crippen molar-refractivity contribution in [2.75, 3.05) is 18.7 Å². The molecule has 1 aliphatic rings. The fourth-order valence-corrected chi connectivity index (χ4v) is 2.86. The first kappa shape index (κ1) is 24.1. The Morgan fingerprint density at radius 3 is 2.40 bits per heavy atom. The molecule has 7 heteroatoms. The number of halogens is 1. The van der Waals surface area contributed by atoms with Crippen LogP contribution in [0.2, 0.25) is 0 Å². The molecule has 1 heterocycles. The highest BCUT2D eigenvalue weighted by Gasteiger charge is 2.28. The van der Waals surface area contributed by atoms with Crippen LogP contribution in [0.5, 0.6) is 5.75 Å². The summed E-state index contributed by atoms with van der Waals surface area (Å²) in [6, 6.07) is 10.6. The summed E-state index contributed by atoms with van der Waals surface area (Å²) in [4.78, 5) is 0. The van der Waals surface area contributed by atoms with Gasteiger partial charge in [0, 0.05) is 1.43 Å². The lowest BCUT2D eigenvalue weighted by atomic mass is 9.96. The van der Waals surface area contributed by atoms with E-state index in [1.165, 1.54) is 0 Å². The molecule has 0 aliphatic carbocycles. The molecule has 3 N–H and O–H groups in total. The smallest absolute Gasteiger partial charge is 0.187 e. The number of ether oxygens (including phenoxy) is 3. The molecule has 0 atom stereocenters. The summed E-state index contributed by atoms with van der Waals surface area (Å²) in [5.41, 5.74) is 4.20. The second-order valence-electron chi connectivity index (χ2n) is 8.38. The maximum Gasteiger partial charge on any atom is 0.187 e. The molecule has 3 rings (SSSR count). The van der Waals surface area contributed by atoms with Gasteiger partial charge in [-0.2, -0.15) is 0 Å². The van der Waals surface area contributed by atoms with Gasteiger partial charge in [-0.1, -0.05) is 32.0 Å². The molecule has 0 aromatic heterocycles. The number of rotatable bonds is 6. The van der Waals surface area contributed by atoms with Gasteiger partial charge in [0.05, 0.1) is 30.1 Å². The van der Waals surface area contributed by atoms with Gasteiger partial charge in [0.15, 0.2) is 17.9 Å². The summed E-state index contributed by atoms with van der Waals surface area (Å²) >= 11 is 0. The molecule has 168 valence electrons. The Hall–Kier alpha value is -2.19. The third-order valence-corrected chi connectivity index (χ3v) is 4.11. The summed E-state index contributed by atoms with van der Waals surface area (Å²) in [7, 11) is 0. The minimum Gasteiger partial charge on any atom is -0.486 e. The van der Waals surface area contributed by atoms with E-state index in [1.807, 2.05) is 26.0 Å². The van der Waals surface area contributed by atoms with Crippen molar-refractivity contribution in [1.29, 1.82) is 0 Å². The molecule has 0 bridgehead atoms. The van der Waals surface area contributed by atoms with Crippen molar-refractivity contribution >= 4 is 5.69 Å². The maximum atomic E-state index is 15.1. The van der Waals surface area contributed by atoms with Crippen LogP contribution >= 0.6 is 0 Å². The molecule has 6 nitrogen and oxygen atoms in total. The standard InChI is InChI=1S/C19H22FNO4.C4H10O.H2/c1-12(2)15-6-7-16(18(20)17(15)19-23-8-9-24-19)25-11-13-4-3-5-14(10-13)21-22;1-4(2,3)5;/h3-7,10,12,19,21-22H,8-9,11H2,1-2H3;5H,1-3H3;1H. The minimum absolute atomic E-state index is 0. The van der Waals surface area contributed by atoms with Crippen LogP contribution in [0.3, 0.4) is 0 Å². The zero-order valence-corrected chi connectivity index (χ0v) is 18.2. The summed E-state index contributed by atoms with van der Waals surface area (Å²) in [6.45, 7) is 10.3. The number of hydrogen-bond donors (Lipinski definition) is 3. The second-order valence-corrected chi connectivity index (χ2v) is 8.38. The average molecular weight is 424 g/mol. The number of aliphatic hydroxyl groups is 1. The van der Waals surface area contributed by atoms with Crippen molar-refractivity contribution in [1.82, 2.24) is 0 Å². The van der Waals surface area contributed by atoms with E-state index >= 15 is 4.39 Å². The fourth-order valence-electron chi connectivity index (χ4n) is 2.86. The van der Waals surface area contributed by atoms with Crippen molar-refractivity contribution in [2.24, 2.45) is 0 Å². The van der Waals surface area contributed by atoms with E-state index in [9.17, 15) is 0 Å². The van der Waals surface area contributed by atoms with Crippen LogP contribution in [-0.4, -0.2) is 29.1 Å². The Morgan fingerprint density at radius 2 is 1.83 bits per heavy atom. The lowest BCUT2D eigenvalue weighted by Crippen LogP contribution is -2.10. The van der Waals surface area contributed by atoms with E-state index in [2.05, 4.69) is 5.48 Å². The lowest BCUT2D eigenvalue weighted by molar-refractivity contribution is -0.0475. The van der Waals surface area contributed by atoms with Crippen molar-refractivity contribution in [2.45, 2.75) is 59.0 Å².